The van der Waals surface area contributed by atoms with Crippen molar-refractivity contribution in [3.05, 3.63) is 23.6 Å². The normalized spacial score (nSPS) is 32.3. The van der Waals surface area contributed by atoms with Gasteiger partial charge in [0.2, 0.25) is 0 Å². The Morgan fingerprint density at radius 2 is 1.95 bits per heavy atom. The van der Waals surface area contributed by atoms with Crippen molar-refractivity contribution < 1.29 is 9.84 Å². The predicted octanol–water partition coefficient (Wildman–Crippen LogP) is 2.20. The molecule has 2 atom stereocenters. The third kappa shape index (κ3) is 3.18. The molecule has 4 nitrogen and oxygen atoms in total. The molecule has 0 amide bonds. The second-order valence-electron chi connectivity index (χ2n) is 6.05. The molecule has 2 saturated heterocycles. The van der Waals surface area contributed by atoms with Crippen LogP contribution in [0.1, 0.15) is 32.1 Å². The third-order valence-electron chi connectivity index (χ3n) is 4.66. The number of hydrogen-bond donors (Lipinski definition) is 2. The molecule has 112 valence electrons. The average molecular weight is 278 g/mol. The van der Waals surface area contributed by atoms with Crippen LogP contribution in [0, 0.1) is 5.92 Å². The van der Waals surface area contributed by atoms with Crippen molar-refractivity contribution in [2.24, 2.45) is 5.92 Å². The Balaban J connectivity index is 1.75. The topological polar surface area (TPSA) is 44.7 Å². The molecular formula is C16H26N2O2. The first kappa shape index (κ1) is 14.0. The molecule has 0 spiro atoms. The maximum Gasteiger partial charge on any atom is 0.0992 e. The summed E-state index contributed by atoms with van der Waals surface area (Å²) in [4.78, 5) is 2.32. The van der Waals surface area contributed by atoms with Crippen LogP contribution in [0.5, 0.6) is 0 Å². The number of aliphatic hydroxyl groups is 1. The third-order valence-corrected chi connectivity index (χ3v) is 4.66. The number of morpholine rings is 1. The van der Waals surface area contributed by atoms with Crippen LogP contribution < -0.4 is 5.32 Å². The zero-order valence-electron chi connectivity index (χ0n) is 12.2. The van der Waals surface area contributed by atoms with Crippen molar-refractivity contribution in [2.45, 2.75) is 38.1 Å². The van der Waals surface area contributed by atoms with Gasteiger partial charge in [0.05, 0.1) is 19.0 Å². The van der Waals surface area contributed by atoms with Gasteiger partial charge >= 0.3 is 0 Å². The number of fused-ring (bicyclic) bond motifs is 1. The molecule has 2 aliphatic heterocycles. The number of allylic oxidation sites excluding steroid dienone is 1. The highest BCUT2D eigenvalue weighted by Crippen LogP contribution is 2.30. The van der Waals surface area contributed by atoms with Gasteiger partial charge in [-0.1, -0.05) is 19.3 Å². The fourth-order valence-corrected chi connectivity index (χ4v) is 3.45. The number of hydrogen-bond acceptors (Lipinski definition) is 4. The van der Waals surface area contributed by atoms with Gasteiger partial charge in [0, 0.05) is 30.7 Å². The molecule has 3 aliphatic rings. The Bertz CT molecular complexity index is 386. The van der Waals surface area contributed by atoms with Crippen LogP contribution in [0.25, 0.3) is 0 Å². The van der Waals surface area contributed by atoms with Crippen LogP contribution >= 0.6 is 0 Å². The van der Waals surface area contributed by atoms with Crippen LogP contribution in [-0.4, -0.2) is 48.9 Å². The molecule has 2 heterocycles. The van der Waals surface area contributed by atoms with E-state index >= 15 is 0 Å². The maximum atomic E-state index is 10.4. The van der Waals surface area contributed by atoms with Crippen LogP contribution in [0.15, 0.2) is 23.6 Å². The molecule has 0 aromatic heterocycles. The highest BCUT2D eigenvalue weighted by molar-refractivity contribution is 5.30. The predicted molar refractivity (Wildman–Crippen MR) is 79.6 cm³/mol. The molecule has 0 aromatic carbocycles. The fraction of sp³-hybridized carbons (Fsp3) is 0.750. The molecule has 2 N–H and O–H groups in total. The average Bonchev–Trinajstić information content (AvgIpc) is 2.60. The first-order valence-electron chi connectivity index (χ1n) is 8.03. The first-order valence-corrected chi connectivity index (χ1v) is 8.03. The minimum atomic E-state index is 0.262. The molecule has 2 unspecified atom stereocenters. The number of nitrogens with one attached hydrogen (secondary N) is 1. The van der Waals surface area contributed by atoms with Crippen LogP contribution in [0.3, 0.4) is 0 Å². The fourth-order valence-electron chi connectivity index (χ4n) is 3.45. The molecular weight excluding hydrogens is 252 g/mol. The van der Waals surface area contributed by atoms with Crippen molar-refractivity contribution in [1.29, 1.82) is 0 Å². The van der Waals surface area contributed by atoms with Gasteiger partial charge in [0.25, 0.3) is 0 Å². The van der Waals surface area contributed by atoms with Gasteiger partial charge < -0.3 is 20.1 Å². The highest BCUT2D eigenvalue weighted by Gasteiger charge is 2.29. The molecule has 3 rings (SSSR count). The number of aliphatic hydroxyl groups excluding tert-OH is 1. The van der Waals surface area contributed by atoms with E-state index in [0.29, 0.717) is 5.76 Å². The van der Waals surface area contributed by atoms with E-state index < -0.39 is 0 Å². The first-order chi connectivity index (χ1) is 9.84. The number of ether oxygens (including phenoxy) is 1. The summed E-state index contributed by atoms with van der Waals surface area (Å²) in [5, 5.41) is 14.1. The van der Waals surface area contributed by atoms with Crippen LogP contribution in [-0.2, 0) is 4.74 Å². The Morgan fingerprint density at radius 3 is 2.80 bits per heavy atom. The number of rotatable bonds is 1. The summed E-state index contributed by atoms with van der Waals surface area (Å²) in [5.74, 6) is 0.825. The zero-order chi connectivity index (χ0) is 13.8. The Labute approximate surface area is 121 Å². The van der Waals surface area contributed by atoms with Crippen molar-refractivity contribution in [2.75, 3.05) is 32.8 Å². The molecule has 2 fully saturated rings. The molecule has 20 heavy (non-hydrogen) atoms. The van der Waals surface area contributed by atoms with E-state index in [9.17, 15) is 5.11 Å². The summed E-state index contributed by atoms with van der Waals surface area (Å²) < 4.78 is 5.41. The SMILES string of the molecule is OC1=CC(N2CCOCC2)=CC2NCCCCCCC12. The van der Waals surface area contributed by atoms with E-state index in [1.807, 2.05) is 6.08 Å². The van der Waals surface area contributed by atoms with Crippen molar-refractivity contribution in [3.8, 4) is 0 Å². The lowest BCUT2D eigenvalue weighted by Crippen LogP contribution is -2.41. The second-order valence-corrected chi connectivity index (χ2v) is 6.05. The lowest BCUT2D eigenvalue weighted by atomic mass is 9.87. The standard InChI is InChI=1S/C16H26N2O2/c19-16-12-13(18-7-9-20-10-8-18)11-15-14(16)5-3-1-2-4-6-17-15/h11-12,14-15,17,19H,1-10H2. The van der Waals surface area contributed by atoms with E-state index in [1.165, 1.54) is 31.4 Å². The van der Waals surface area contributed by atoms with Crippen molar-refractivity contribution in [1.82, 2.24) is 10.2 Å². The van der Waals surface area contributed by atoms with Gasteiger partial charge in [-0.3, -0.25) is 0 Å². The van der Waals surface area contributed by atoms with E-state index in [2.05, 4.69) is 16.3 Å². The van der Waals surface area contributed by atoms with Gasteiger partial charge in [-0.2, -0.15) is 0 Å². The van der Waals surface area contributed by atoms with Crippen LogP contribution in [0.2, 0.25) is 0 Å². The second kappa shape index (κ2) is 6.64. The van der Waals surface area contributed by atoms with Gasteiger partial charge in [0.1, 0.15) is 0 Å². The molecule has 1 aliphatic carbocycles. The van der Waals surface area contributed by atoms with E-state index in [4.69, 9.17) is 4.74 Å². The minimum Gasteiger partial charge on any atom is -0.512 e. The molecule has 4 heteroatoms. The lowest BCUT2D eigenvalue weighted by molar-refractivity contribution is 0.0543. The Hall–Kier alpha value is -1.00. The summed E-state index contributed by atoms with van der Waals surface area (Å²) in [6.07, 6.45) is 10.4. The summed E-state index contributed by atoms with van der Waals surface area (Å²) in [6.45, 7) is 4.47. The smallest absolute Gasteiger partial charge is 0.0992 e. The lowest BCUT2D eigenvalue weighted by Gasteiger charge is -2.35. The van der Waals surface area contributed by atoms with Gasteiger partial charge in [-0.25, -0.2) is 0 Å². The summed E-state index contributed by atoms with van der Waals surface area (Å²) in [5.41, 5.74) is 1.17. The molecule has 0 radical (unpaired) electrons. The van der Waals surface area contributed by atoms with Gasteiger partial charge in [-0.05, 0) is 31.5 Å². The van der Waals surface area contributed by atoms with Gasteiger partial charge in [-0.15, -0.1) is 0 Å². The Kier molecular flexibility index (Phi) is 4.63. The quantitative estimate of drug-likeness (QED) is 0.772. The van der Waals surface area contributed by atoms with E-state index in [-0.39, 0.29) is 12.0 Å². The highest BCUT2D eigenvalue weighted by atomic mass is 16.5. The molecule has 0 bridgehead atoms. The van der Waals surface area contributed by atoms with Crippen LogP contribution in [0.4, 0.5) is 0 Å². The van der Waals surface area contributed by atoms with Crippen molar-refractivity contribution in [3.63, 3.8) is 0 Å². The van der Waals surface area contributed by atoms with E-state index in [1.54, 1.807) is 0 Å². The van der Waals surface area contributed by atoms with Crippen molar-refractivity contribution >= 4 is 0 Å². The summed E-state index contributed by atoms with van der Waals surface area (Å²) in [6, 6.07) is 0.288. The molecule has 0 aromatic rings. The minimum absolute atomic E-state index is 0.262. The number of nitrogens with zero attached hydrogens (tertiary/aromatic N) is 1. The summed E-state index contributed by atoms with van der Waals surface area (Å²) >= 11 is 0. The maximum absolute atomic E-state index is 10.4. The largest absolute Gasteiger partial charge is 0.512 e. The van der Waals surface area contributed by atoms with Gasteiger partial charge in [0.15, 0.2) is 0 Å². The summed E-state index contributed by atoms with van der Waals surface area (Å²) in [7, 11) is 0. The van der Waals surface area contributed by atoms with E-state index in [0.717, 1.165) is 39.3 Å². The zero-order valence-corrected chi connectivity index (χ0v) is 12.2. The Morgan fingerprint density at radius 1 is 1.15 bits per heavy atom. The monoisotopic (exact) mass is 278 g/mol. The molecule has 0 saturated carbocycles.